The highest BCUT2D eigenvalue weighted by molar-refractivity contribution is 5.91. The number of ether oxygens (including phenoxy) is 1. The number of benzene rings is 2. The first-order chi connectivity index (χ1) is 10.3. The third kappa shape index (κ3) is 2.93. The molecule has 0 bridgehead atoms. The second kappa shape index (κ2) is 6.27. The highest BCUT2D eigenvalue weighted by Gasteiger charge is 2.27. The minimum absolute atomic E-state index is 0.210. The molecule has 1 saturated carbocycles. The van der Waals surface area contributed by atoms with Crippen LogP contribution in [0.15, 0.2) is 42.5 Å². The summed E-state index contributed by atoms with van der Waals surface area (Å²) in [5.41, 5.74) is 1.01. The zero-order chi connectivity index (χ0) is 14.7. The van der Waals surface area contributed by atoms with E-state index in [4.69, 9.17) is 4.74 Å². The Kier molecular flexibility index (Phi) is 4.20. The molecule has 1 aliphatic carbocycles. The van der Waals surface area contributed by atoms with Crippen molar-refractivity contribution in [3.8, 4) is 0 Å². The number of carbonyl (C=O) groups excluding carboxylic acids is 1. The molecule has 110 valence electrons. The maximum Gasteiger partial charge on any atom is 0.327 e. The van der Waals surface area contributed by atoms with Gasteiger partial charge in [0.05, 0.1) is 7.11 Å². The first-order valence-corrected chi connectivity index (χ1v) is 7.61. The molecule has 3 rings (SSSR count). The van der Waals surface area contributed by atoms with E-state index < -0.39 is 0 Å². The molecule has 0 heterocycles. The van der Waals surface area contributed by atoms with Crippen LogP contribution < -0.4 is 5.32 Å². The lowest BCUT2D eigenvalue weighted by Crippen LogP contribution is -2.36. The smallest absolute Gasteiger partial charge is 0.327 e. The van der Waals surface area contributed by atoms with Crippen molar-refractivity contribution < 1.29 is 9.53 Å². The van der Waals surface area contributed by atoms with Crippen LogP contribution >= 0.6 is 0 Å². The molecule has 0 spiro atoms. The van der Waals surface area contributed by atoms with Gasteiger partial charge in [0.25, 0.3) is 0 Å². The monoisotopic (exact) mass is 283 g/mol. The molecule has 0 aliphatic heterocycles. The van der Waals surface area contributed by atoms with E-state index in [9.17, 15) is 4.79 Å². The molecular formula is C18H21NO2. The van der Waals surface area contributed by atoms with Gasteiger partial charge in [0, 0.05) is 6.04 Å². The van der Waals surface area contributed by atoms with E-state index in [1.54, 1.807) is 0 Å². The third-order valence-corrected chi connectivity index (χ3v) is 4.33. The van der Waals surface area contributed by atoms with Gasteiger partial charge in [0.15, 0.2) is 0 Å². The second-order valence-electron chi connectivity index (χ2n) is 5.67. The average Bonchev–Trinajstić information content (AvgIpc) is 3.04. The molecule has 21 heavy (non-hydrogen) atoms. The van der Waals surface area contributed by atoms with E-state index in [0.717, 1.165) is 29.2 Å². The molecule has 1 atom stereocenters. The van der Waals surface area contributed by atoms with Gasteiger partial charge >= 0.3 is 5.97 Å². The number of rotatable bonds is 4. The van der Waals surface area contributed by atoms with Crippen LogP contribution in [0.2, 0.25) is 0 Å². The minimum atomic E-state index is -0.385. The molecule has 2 aromatic carbocycles. The third-order valence-electron chi connectivity index (χ3n) is 4.33. The van der Waals surface area contributed by atoms with Crippen molar-refractivity contribution in [2.75, 3.05) is 7.11 Å². The predicted molar refractivity (Wildman–Crippen MR) is 84.1 cm³/mol. The summed E-state index contributed by atoms with van der Waals surface area (Å²) >= 11 is 0. The van der Waals surface area contributed by atoms with Gasteiger partial charge < -0.3 is 4.74 Å². The fraction of sp³-hybridized carbons (Fsp3) is 0.389. The van der Waals surface area contributed by atoms with Crippen LogP contribution in [0.4, 0.5) is 0 Å². The largest absolute Gasteiger partial charge is 0.468 e. The highest BCUT2D eigenvalue weighted by Crippen LogP contribution is 2.28. The van der Waals surface area contributed by atoms with Crippen LogP contribution in [0.5, 0.6) is 0 Å². The van der Waals surface area contributed by atoms with Gasteiger partial charge in [0.2, 0.25) is 0 Å². The topological polar surface area (TPSA) is 38.3 Å². The maximum atomic E-state index is 12.3. The van der Waals surface area contributed by atoms with E-state index in [1.807, 2.05) is 24.3 Å². The summed E-state index contributed by atoms with van der Waals surface area (Å²) in [6.07, 6.45) is 4.75. The van der Waals surface area contributed by atoms with Crippen LogP contribution in [0, 0.1) is 0 Å². The maximum absolute atomic E-state index is 12.3. The predicted octanol–water partition coefficient (Wildman–Crippen LogP) is 3.59. The zero-order valence-corrected chi connectivity index (χ0v) is 12.3. The van der Waals surface area contributed by atoms with Crippen molar-refractivity contribution in [1.29, 1.82) is 0 Å². The lowest BCUT2D eigenvalue weighted by molar-refractivity contribution is -0.143. The van der Waals surface area contributed by atoms with Crippen LogP contribution in [-0.4, -0.2) is 19.1 Å². The molecule has 0 amide bonds. The van der Waals surface area contributed by atoms with Crippen LogP contribution in [0.3, 0.4) is 0 Å². The summed E-state index contributed by atoms with van der Waals surface area (Å²) < 4.78 is 5.02. The van der Waals surface area contributed by atoms with Crippen molar-refractivity contribution in [2.45, 2.75) is 37.8 Å². The van der Waals surface area contributed by atoms with Crippen LogP contribution in [-0.2, 0) is 9.53 Å². The molecule has 1 N–H and O–H groups in total. The highest BCUT2D eigenvalue weighted by atomic mass is 16.5. The van der Waals surface area contributed by atoms with Gasteiger partial charge in [-0.2, -0.15) is 0 Å². The summed E-state index contributed by atoms with van der Waals surface area (Å²) in [5.74, 6) is -0.210. The number of hydrogen-bond donors (Lipinski definition) is 1. The molecule has 0 radical (unpaired) electrons. The van der Waals surface area contributed by atoms with E-state index in [0.29, 0.717) is 6.04 Å². The van der Waals surface area contributed by atoms with E-state index >= 15 is 0 Å². The number of hydrogen-bond acceptors (Lipinski definition) is 3. The Bertz CT molecular complexity index is 627. The van der Waals surface area contributed by atoms with Gasteiger partial charge in [0.1, 0.15) is 6.04 Å². The first kappa shape index (κ1) is 14.1. The lowest BCUT2D eigenvalue weighted by atomic mass is 9.98. The minimum Gasteiger partial charge on any atom is -0.468 e. The molecule has 1 aliphatic rings. The van der Waals surface area contributed by atoms with Crippen LogP contribution in [0.25, 0.3) is 10.8 Å². The number of esters is 1. The molecule has 3 nitrogen and oxygen atoms in total. The summed E-state index contributed by atoms with van der Waals surface area (Å²) in [6, 6.07) is 14.3. The molecule has 0 saturated heterocycles. The quantitative estimate of drug-likeness (QED) is 0.872. The Morgan fingerprint density at radius 3 is 2.62 bits per heavy atom. The Balaban J connectivity index is 1.99. The number of nitrogens with one attached hydrogen (secondary N) is 1. The standard InChI is InChI=1S/C18H21NO2/c1-21-18(20)17(19-14-9-3-4-10-14)16-12-6-8-13-7-2-5-11-15(13)16/h2,5-8,11-12,14,17,19H,3-4,9-10H2,1H3. The molecular weight excluding hydrogens is 262 g/mol. The number of methoxy groups -OCH3 is 1. The number of carbonyl (C=O) groups is 1. The van der Waals surface area contributed by atoms with Crippen molar-refractivity contribution >= 4 is 16.7 Å². The summed E-state index contributed by atoms with van der Waals surface area (Å²) in [7, 11) is 1.46. The van der Waals surface area contributed by atoms with Crippen LogP contribution in [0.1, 0.15) is 37.3 Å². The Labute approximate surface area is 125 Å². The van der Waals surface area contributed by atoms with Crippen molar-refractivity contribution in [3.63, 3.8) is 0 Å². The van der Waals surface area contributed by atoms with E-state index in [2.05, 4.69) is 23.5 Å². The lowest BCUT2D eigenvalue weighted by Gasteiger charge is -2.22. The normalized spacial score (nSPS) is 17.0. The Hall–Kier alpha value is -1.87. The summed E-state index contributed by atoms with van der Waals surface area (Å²) in [5, 5.41) is 5.76. The summed E-state index contributed by atoms with van der Waals surface area (Å²) in [6.45, 7) is 0. The SMILES string of the molecule is COC(=O)C(NC1CCCC1)c1cccc2ccccc12. The molecule has 1 fully saturated rings. The molecule has 0 aromatic heterocycles. The van der Waals surface area contributed by atoms with E-state index in [-0.39, 0.29) is 12.0 Å². The number of fused-ring (bicyclic) bond motifs is 1. The van der Waals surface area contributed by atoms with Crippen molar-refractivity contribution in [1.82, 2.24) is 5.32 Å². The Morgan fingerprint density at radius 2 is 1.86 bits per heavy atom. The van der Waals surface area contributed by atoms with Gasteiger partial charge in [-0.3, -0.25) is 5.32 Å². The fourth-order valence-corrected chi connectivity index (χ4v) is 3.23. The van der Waals surface area contributed by atoms with Gasteiger partial charge in [-0.05, 0) is 29.2 Å². The zero-order valence-electron chi connectivity index (χ0n) is 12.3. The molecule has 1 unspecified atom stereocenters. The van der Waals surface area contributed by atoms with Gasteiger partial charge in [-0.15, -0.1) is 0 Å². The van der Waals surface area contributed by atoms with Crippen molar-refractivity contribution in [2.24, 2.45) is 0 Å². The van der Waals surface area contributed by atoms with Gasteiger partial charge in [-0.1, -0.05) is 55.3 Å². The molecule has 2 aromatic rings. The summed E-state index contributed by atoms with van der Waals surface area (Å²) in [4.78, 5) is 12.3. The second-order valence-corrected chi connectivity index (χ2v) is 5.67. The Morgan fingerprint density at radius 1 is 1.14 bits per heavy atom. The van der Waals surface area contributed by atoms with E-state index in [1.165, 1.54) is 20.0 Å². The average molecular weight is 283 g/mol. The molecule has 3 heteroatoms. The van der Waals surface area contributed by atoms with Gasteiger partial charge in [-0.25, -0.2) is 4.79 Å². The first-order valence-electron chi connectivity index (χ1n) is 7.61. The van der Waals surface area contributed by atoms with Crippen molar-refractivity contribution in [3.05, 3.63) is 48.0 Å². The fourth-order valence-electron chi connectivity index (χ4n) is 3.23.